The molecule has 1 aliphatic heterocycles. The second-order valence-electron chi connectivity index (χ2n) is 7.04. The van der Waals surface area contributed by atoms with Crippen molar-refractivity contribution in [3.63, 3.8) is 0 Å². The van der Waals surface area contributed by atoms with Crippen molar-refractivity contribution in [1.29, 1.82) is 0 Å². The molecule has 0 unspecified atom stereocenters. The van der Waals surface area contributed by atoms with Crippen molar-refractivity contribution in [2.45, 2.75) is 12.8 Å². The number of halogens is 2. The van der Waals surface area contributed by atoms with Gasteiger partial charge in [0.15, 0.2) is 0 Å². The molecule has 17 heteroatoms. The summed E-state index contributed by atoms with van der Waals surface area (Å²) in [6, 6.07) is 0. The molecule has 0 bridgehead atoms. The summed E-state index contributed by atoms with van der Waals surface area (Å²) >= 11 is 0. The van der Waals surface area contributed by atoms with E-state index in [2.05, 4.69) is 40.7 Å². The summed E-state index contributed by atoms with van der Waals surface area (Å²) in [7, 11) is -3.43. The molecule has 1 radical (unpaired) electrons. The molecule has 0 aromatic heterocycles. The van der Waals surface area contributed by atoms with Gasteiger partial charge in [-0.15, -0.1) is 20.5 Å². The Kier molecular flexibility index (Phi) is 22.2. The zero-order valence-electron chi connectivity index (χ0n) is 18.2. The third-order valence-corrected chi connectivity index (χ3v) is 4.11. The van der Waals surface area contributed by atoms with E-state index < -0.39 is 26.5 Å². The van der Waals surface area contributed by atoms with Crippen molar-refractivity contribution in [2.75, 3.05) is 80.0 Å². The average molecular weight is 563 g/mol. The minimum absolute atomic E-state index is 0. The first kappa shape index (κ1) is 36.7. The van der Waals surface area contributed by atoms with Gasteiger partial charge in [-0.3, -0.25) is 9.69 Å². The van der Waals surface area contributed by atoms with Crippen molar-refractivity contribution in [2.24, 2.45) is 0 Å². The van der Waals surface area contributed by atoms with Crippen molar-refractivity contribution in [3.05, 3.63) is 0 Å². The zero-order chi connectivity index (χ0) is 24.7. The van der Waals surface area contributed by atoms with E-state index in [0.717, 1.165) is 65.2 Å². The van der Waals surface area contributed by atoms with Gasteiger partial charge < -0.3 is 19.8 Å². The van der Waals surface area contributed by atoms with Gasteiger partial charge in [-0.05, 0) is 53.6 Å². The molecule has 0 saturated carbocycles. The van der Waals surface area contributed by atoms with E-state index in [4.69, 9.17) is 42.4 Å². The number of carbonyl (C=O) groups is 1. The molecule has 197 valence electrons. The van der Waals surface area contributed by atoms with Crippen LogP contribution in [0.5, 0.6) is 0 Å². The molecule has 14 nitrogen and oxygen atoms in total. The van der Waals surface area contributed by atoms with Gasteiger partial charge in [-0.25, -0.2) is 37.3 Å². The number of aliphatic carboxylic acids is 1. The predicted octanol–water partition coefficient (Wildman–Crippen LogP) is -9.55. The number of hydrogen-bond acceptors (Lipinski definition) is 13. The third-order valence-electron chi connectivity index (χ3n) is 4.11. The van der Waals surface area contributed by atoms with Crippen LogP contribution in [0.4, 0.5) is 0 Å². The van der Waals surface area contributed by atoms with Gasteiger partial charge in [0, 0.05) is 32.7 Å². The Labute approximate surface area is 203 Å². The van der Waals surface area contributed by atoms with Gasteiger partial charge in [-0.1, -0.05) is 0 Å². The minimum Gasteiger partial charge on any atom is -0.480 e. The molecule has 0 aliphatic carbocycles. The number of likely N-dealkylation sites (N-methyl/N-ethyl adjacent to an activating group) is 3. The van der Waals surface area contributed by atoms with Gasteiger partial charge in [-0.2, -0.15) is 0 Å². The van der Waals surface area contributed by atoms with Crippen LogP contribution in [0.3, 0.4) is 0 Å². The maximum absolute atomic E-state index is 11.0. The summed E-state index contributed by atoms with van der Waals surface area (Å²) in [5.41, 5.74) is 0. The van der Waals surface area contributed by atoms with Crippen molar-refractivity contribution in [1.82, 2.24) is 19.6 Å². The maximum atomic E-state index is 11.0. The molecule has 0 aromatic rings. The van der Waals surface area contributed by atoms with Crippen molar-refractivity contribution >= 4 is 5.97 Å². The zero-order valence-corrected chi connectivity index (χ0v) is 20.7. The Balaban J connectivity index is -0.000000640. The fourth-order valence-corrected chi connectivity index (χ4v) is 2.62. The van der Waals surface area contributed by atoms with Crippen LogP contribution >= 0.6 is 0 Å². The third kappa shape index (κ3) is 37.4. The van der Waals surface area contributed by atoms with Crippen LogP contribution in [-0.4, -0.2) is 111 Å². The van der Waals surface area contributed by atoms with E-state index in [1.165, 1.54) is 0 Å². The van der Waals surface area contributed by atoms with E-state index in [9.17, 15) is 4.79 Å². The van der Waals surface area contributed by atoms with Crippen molar-refractivity contribution in [3.8, 4) is 0 Å². The van der Waals surface area contributed by atoms with Crippen molar-refractivity contribution < 1.29 is 84.7 Å². The molecule has 0 amide bonds. The molecule has 1 aliphatic rings. The number of hydrogen-bond donors (Lipinski definition) is 1. The van der Waals surface area contributed by atoms with Gasteiger partial charge in [0.25, 0.3) is 0 Å². The van der Waals surface area contributed by atoms with Crippen LogP contribution in [0.15, 0.2) is 0 Å². The van der Waals surface area contributed by atoms with E-state index in [1.54, 1.807) is 0 Å². The molecule has 1 saturated heterocycles. The summed E-state index contributed by atoms with van der Waals surface area (Å²) in [5, 5.41) is 9.01. The van der Waals surface area contributed by atoms with E-state index in [-0.39, 0.29) is 23.6 Å². The summed E-state index contributed by atoms with van der Waals surface area (Å²) in [5.74, 6) is -0.728. The van der Waals surface area contributed by atoms with Gasteiger partial charge in [0.2, 0.25) is 0 Å². The molecule has 0 atom stereocenters. The maximum Gasteiger partial charge on any atom is 2.00 e. The molecule has 32 heavy (non-hydrogen) atoms. The standard InChI is InChI=1S/C15H32N4O2.2ClHO4.Cu/c1-16-6-4-7-18(3)12-13-19(14-15(20)21)9-5-8-17(2)11-10-16;2*2-1(3,4)5;/h4-14H2,1-3H3,(H,20,21);2*(H,2,3,4,5);/q;;;+2/p-2. The Morgan fingerprint density at radius 1 is 0.656 bits per heavy atom. The van der Waals surface area contributed by atoms with Crippen LogP contribution < -0.4 is 37.3 Å². The second-order valence-corrected chi connectivity index (χ2v) is 8.55. The van der Waals surface area contributed by atoms with Crippen LogP contribution in [0.1, 0.15) is 12.8 Å². The van der Waals surface area contributed by atoms with Crippen LogP contribution in [0.2, 0.25) is 0 Å². The number of rotatable bonds is 2. The molecule has 0 aromatic carbocycles. The largest absolute Gasteiger partial charge is 2.00 e. The quantitative estimate of drug-likeness (QED) is 0.308. The molecule has 1 heterocycles. The Bertz CT molecular complexity index is 450. The average Bonchev–Trinajstić information content (AvgIpc) is 2.53. The smallest absolute Gasteiger partial charge is 0.480 e. The molecular formula is C15H32Cl2CuN4O10. The van der Waals surface area contributed by atoms with Crippen LogP contribution in [0, 0.1) is 20.5 Å². The van der Waals surface area contributed by atoms with Crippen LogP contribution in [0.25, 0.3) is 0 Å². The first-order chi connectivity index (χ1) is 14.0. The first-order valence-electron chi connectivity index (χ1n) is 9.20. The van der Waals surface area contributed by atoms with Gasteiger partial charge in [0.05, 0.1) is 6.54 Å². The predicted molar refractivity (Wildman–Crippen MR) is 85.8 cm³/mol. The van der Waals surface area contributed by atoms with E-state index in [1.807, 2.05) is 0 Å². The topological polar surface area (TPSA) is 235 Å². The Hall–Kier alpha value is 0.0895. The van der Waals surface area contributed by atoms with Crippen LogP contribution in [-0.2, 0) is 21.9 Å². The summed E-state index contributed by atoms with van der Waals surface area (Å²) < 4.78 is 67.9. The number of nitrogens with zero attached hydrogens (tertiary/aromatic N) is 4. The fourth-order valence-electron chi connectivity index (χ4n) is 2.62. The summed E-state index contributed by atoms with van der Waals surface area (Å²) in [6.45, 7) is 8.18. The van der Waals surface area contributed by atoms with E-state index in [0.29, 0.717) is 0 Å². The Morgan fingerprint density at radius 2 is 0.938 bits per heavy atom. The minimum atomic E-state index is -4.94. The number of carboxylic acid groups (broad SMARTS) is 1. The molecule has 1 fully saturated rings. The second kappa shape index (κ2) is 19.4. The summed E-state index contributed by atoms with van der Waals surface area (Å²) in [4.78, 5) is 20.1. The Morgan fingerprint density at radius 3 is 1.25 bits per heavy atom. The van der Waals surface area contributed by atoms with Gasteiger partial charge in [0.1, 0.15) is 0 Å². The normalized spacial score (nSPS) is 19.3. The first-order valence-corrected chi connectivity index (χ1v) is 11.7. The van der Waals surface area contributed by atoms with Gasteiger partial charge >= 0.3 is 23.0 Å². The molecule has 0 spiro atoms. The monoisotopic (exact) mass is 561 g/mol. The fraction of sp³-hybridized carbons (Fsp3) is 0.933. The summed E-state index contributed by atoms with van der Waals surface area (Å²) in [6.07, 6.45) is 2.19. The molecule has 1 rings (SSSR count). The molecule has 1 N–H and O–H groups in total. The number of carboxylic acids is 1. The SMILES string of the molecule is CN1CCCN(C)CCN(CC(=O)O)CCCN(C)CC1.[Cu+2].[O-][Cl+3]([O-])([O-])[O-].[O-][Cl+3]([O-])([O-])[O-]. The van der Waals surface area contributed by atoms with E-state index >= 15 is 0 Å². The molecular weight excluding hydrogens is 531 g/mol.